The van der Waals surface area contributed by atoms with E-state index in [9.17, 15) is 14.4 Å². The molecule has 0 bridgehead atoms. The lowest BCUT2D eigenvalue weighted by molar-refractivity contribution is -0.159. The van der Waals surface area contributed by atoms with E-state index in [1.165, 1.54) is 6.92 Å². The van der Waals surface area contributed by atoms with Crippen molar-refractivity contribution in [3.05, 3.63) is 0 Å². The lowest BCUT2D eigenvalue weighted by atomic mass is 9.98. The third-order valence-corrected chi connectivity index (χ3v) is 2.76. The van der Waals surface area contributed by atoms with Gasteiger partial charge in [-0.2, -0.15) is 0 Å². The highest BCUT2D eigenvalue weighted by molar-refractivity contribution is 5.96. The van der Waals surface area contributed by atoms with E-state index in [0.29, 0.717) is 6.42 Å². The molecule has 0 amide bonds. The smallest absolute Gasteiger partial charge is 0.335 e. The molecule has 0 aliphatic carbocycles. The molecule has 0 spiro atoms. The first-order chi connectivity index (χ1) is 8.16. The van der Waals surface area contributed by atoms with E-state index in [0.717, 1.165) is 0 Å². The fraction of sp³-hybridized carbons (Fsp3) is 0.750. The molecule has 3 N–H and O–H groups in total. The van der Waals surface area contributed by atoms with Gasteiger partial charge in [0.1, 0.15) is 11.7 Å². The minimum absolute atomic E-state index is 0.263. The third kappa shape index (κ3) is 6.34. The number of hydrogen-bond acceptors (Lipinski definition) is 4. The molecule has 18 heavy (non-hydrogen) atoms. The number of aliphatic carboxylic acids is 2. The fourth-order valence-electron chi connectivity index (χ4n) is 1.19. The quantitative estimate of drug-likeness (QED) is 0.622. The normalized spacial score (nSPS) is 12.1. The largest absolute Gasteiger partial charge is 0.481 e. The van der Waals surface area contributed by atoms with Gasteiger partial charge in [-0.3, -0.25) is 9.59 Å². The lowest BCUT2D eigenvalue weighted by Crippen LogP contribution is -2.36. The Labute approximate surface area is 107 Å². The van der Waals surface area contributed by atoms with Crippen molar-refractivity contribution in [2.75, 3.05) is 0 Å². The molecule has 0 fully saturated rings. The summed E-state index contributed by atoms with van der Waals surface area (Å²) in [5.74, 6) is -3.23. The first-order valence-corrected chi connectivity index (χ1v) is 5.85. The monoisotopic (exact) mass is 262 g/mol. The highest BCUT2D eigenvalue weighted by Crippen LogP contribution is 2.13. The lowest BCUT2D eigenvalue weighted by Gasteiger charge is -2.18. The molecular formula is C12H22O6. The van der Waals surface area contributed by atoms with Crippen LogP contribution in [0.25, 0.3) is 0 Å². The zero-order chi connectivity index (χ0) is 14.9. The molecule has 0 aromatic heterocycles. The predicted molar refractivity (Wildman–Crippen MR) is 65.3 cm³/mol. The van der Waals surface area contributed by atoms with Gasteiger partial charge in [-0.05, 0) is 26.2 Å². The summed E-state index contributed by atoms with van der Waals surface area (Å²) in [6, 6.07) is 0. The molecule has 6 nitrogen and oxygen atoms in total. The van der Waals surface area contributed by atoms with Gasteiger partial charge in [0.15, 0.2) is 5.60 Å². The van der Waals surface area contributed by atoms with Crippen LogP contribution < -0.4 is 0 Å². The van der Waals surface area contributed by atoms with Crippen molar-refractivity contribution in [1.29, 1.82) is 0 Å². The van der Waals surface area contributed by atoms with E-state index in [2.05, 4.69) is 0 Å². The maximum absolute atomic E-state index is 10.4. The summed E-state index contributed by atoms with van der Waals surface area (Å²) in [5.41, 5.74) is -1.50. The average molecular weight is 262 g/mol. The van der Waals surface area contributed by atoms with Crippen LogP contribution in [0.4, 0.5) is 0 Å². The maximum atomic E-state index is 10.4. The van der Waals surface area contributed by atoms with Gasteiger partial charge in [0.2, 0.25) is 0 Å². The van der Waals surface area contributed by atoms with Gasteiger partial charge < -0.3 is 15.3 Å². The number of carboxylic acid groups (broad SMARTS) is 2. The van der Waals surface area contributed by atoms with Gasteiger partial charge in [0.05, 0.1) is 0 Å². The highest BCUT2D eigenvalue weighted by atomic mass is 16.4. The van der Waals surface area contributed by atoms with Crippen LogP contribution in [0.5, 0.6) is 0 Å². The average Bonchev–Trinajstić information content (AvgIpc) is 2.28. The van der Waals surface area contributed by atoms with Crippen LogP contribution in [-0.2, 0) is 14.4 Å². The molecule has 6 heteroatoms. The Morgan fingerprint density at radius 1 is 1.06 bits per heavy atom. The summed E-state index contributed by atoms with van der Waals surface area (Å²) in [6.07, 6.45) is 0.905. The zero-order valence-corrected chi connectivity index (χ0v) is 11.3. The molecule has 0 aliphatic rings. The number of carbonyl (C=O) groups is 3. The van der Waals surface area contributed by atoms with Crippen LogP contribution >= 0.6 is 0 Å². The Hall–Kier alpha value is -1.43. The SMILES string of the molecule is CCC(C(C)=O)C(=O)O.CCC(O)(CC)C(=O)O. The molecule has 0 aliphatic heterocycles. The van der Waals surface area contributed by atoms with Crippen molar-refractivity contribution >= 4 is 17.7 Å². The molecule has 1 unspecified atom stereocenters. The van der Waals surface area contributed by atoms with Crippen molar-refractivity contribution < 1.29 is 29.7 Å². The maximum Gasteiger partial charge on any atom is 0.335 e. The van der Waals surface area contributed by atoms with Crippen molar-refractivity contribution in [1.82, 2.24) is 0 Å². The van der Waals surface area contributed by atoms with Crippen molar-refractivity contribution in [2.45, 2.75) is 52.6 Å². The number of ketones is 1. The van der Waals surface area contributed by atoms with Gasteiger partial charge in [-0.15, -0.1) is 0 Å². The Bertz CT molecular complexity index is 279. The summed E-state index contributed by atoms with van der Waals surface area (Å²) in [7, 11) is 0. The number of aliphatic hydroxyl groups is 1. The summed E-state index contributed by atoms with van der Waals surface area (Å²) < 4.78 is 0. The standard InChI is InChI=1S/C6H12O3.C6H10O3/c1-3-6(9,4-2)5(7)8;1-3-5(4(2)7)6(8)9/h9H,3-4H2,1-2H3,(H,7,8);5H,3H2,1-2H3,(H,8,9). The van der Waals surface area contributed by atoms with Gasteiger partial charge in [0, 0.05) is 0 Å². The third-order valence-electron chi connectivity index (χ3n) is 2.76. The molecule has 0 rings (SSSR count). The number of Topliss-reactive ketones (excluding diaryl/α,β-unsaturated/α-hetero) is 1. The van der Waals surface area contributed by atoms with E-state index < -0.39 is 23.5 Å². The van der Waals surface area contributed by atoms with E-state index in [1.54, 1.807) is 20.8 Å². The Morgan fingerprint density at radius 3 is 1.44 bits per heavy atom. The Kier molecular flexibility index (Phi) is 9.07. The van der Waals surface area contributed by atoms with Gasteiger partial charge >= 0.3 is 11.9 Å². The molecule has 1 atom stereocenters. The van der Waals surface area contributed by atoms with Crippen LogP contribution in [0.3, 0.4) is 0 Å². The Morgan fingerprint density at radius 2 is 1.44 bits per heavy atom. The van der Waals surface area contributed by atoms with Crippen LogP contribution in [0.2, 0.25) is 0 Å². The fourth-order valence-corrected chi connectivity index (χ4v) is 1.19. The molecule has 0 saturated heterocycles. The minimum Gasteiger partial charge on any atom is -0.481 e. The van der Waals surface area contributed by atoms with Crippen molar-refractivity contribution in [3.8, 4) is 0 Å². The van der Waals surface area contributed by atoms with Gasteiger partial charge in [-0.1, -0.05) is 20.8 Å². The van der Waals surface area contributed by atoms with Crippen LogP contribution in [-0.4, -0.2) is 38.6 Å². The van der Waals surface area contributed by atoms with Crippen molar-refractivity contribution in [2.24, 2.45) is 5.92 Å². The van der Waals surface area contributed by atoms with E-state index in [4.69, 9.17) is 15.3 Å². The molecule has 0 saturated carbocycles. The number of carbonyl (C=O) groups excluding carboxylic acids is 1. The summed E-state index contributed by atoms with van der Waals surface area (Å²) in [6.45, 7) is 6.28. The molecule has 0 aromatic rings. The van der Waals surface area contributed by atoms with Crippen LogP contribution in [0.15, 0.2) is 0 Å². The van der Waals surface area contributed by atoms with E-state index in [-0.39, 0.29) is 18.6 Å². The molecule has 0 heterocycles. The van der Waals surface area contributed by atoms with Gasteiger partial charge in [-0.25, -0.2) is 4.79 Å². The number of carboxylic acids is 2. The Balaban J connectivity index is 0. The first kappa shape index (κ1) is 18.9. The topological polar surface area (TPSA) is 112 Å². The second kappa shape index (κ2) is 8.63. The molecular weight excluding hydrogens is 240 g/mol. The minimum atomic E-state index is -1.50. The highest BCUT2D eigenvalue weighted by Gasteiger charge is 2.30. The first-order valence-electron chi connectivity index (χ1n) is 5.85. The van der Waals surface area contributed by atoms with E-state index in [1.807, 2.05) is 0 Å². The second-order valence-electron chi connectivity index (χ2n) is 3.95. The zero-order valence-electron chi connectivity index (χ0n) is 11.3. The number of hydrogen-bond donors (Lipinski definition) is 3. The predicted octanol–water partition coefficient (Wildman–Crippen LogP) is 1.31. The van der Waals surface area contributed by atoms with Crippen molar-refractivity contribution in [3.63, 3.8) is 0 Å². The van der Waals surface area contributed by atoms with Crippen LogP contribution in [0.1, 0.15) is 47.0 Å². The second-order valence-corrected chi connectivity index (χ2v) is 3.95. The molecule has 0 aromatic carbocycles. The van der Waals surface area contributed by atoms with Crippen LogP contribution in [0, 0.1) is 5.92 Å². The summed E-state index contributed by atoms with van der Waals surface area (Å²) in [4.78, 5) is 30.8. The molecule has 106 valence electrons. The summed E-state index contributed by atoms with van der Waals surface area (Å²) in [5, 5.41) is 25.8. The summed E-state index contributed by atoms with van der Waals surface area (Å²) >= 11 is 0. The number of rotatable bonds is 6. The van der Waals surface area contributed by atoms with E-state index >= 15 is 0 Å². The molecule has 0 radical (unpaired) electrons. The van der Waals surface area contributed by atoms with Gasteiger partial charge in [0.25, 0.3) is 0 Å².